The van der Waals surface area contributed by atoms with E-state index in [0.717, 1.165) is 29.3 Å². The fraction of sp³-hybridized carbons (Fsp3) is 0.636. The Labute approximate surface area is 109 Å². The highest BCUT2D eigenvalue weighted by Crippen LogP contribution is 2.22. The van der Waals surface area contributed by atoms with E-state index in [0.29, 0.717) is 5.92 Å². The molecule has 0 bridgehead atoms. The van der Waals surface area contributed by atoms with E-state index in [4.69, 9.17) is 0 Å². The van der Waals surface area contributed by atoms with Crippen LogP contribution in [0.4, 0.5) is 5.82 Å². The molecule has 2 heterocycles. The van der Waals surface area contributed by atoms with Crippen LogP contribution in [0.15, 0.2) is 10.7 Å². The minimum atomic E-state index is 0.371. The van der Waals surface area contributed by atoms with Gasteiger partial charge in [0, 0.05) is 36.6 Å². The number of halogens is 1. The number of nitrogens with zero attached hydrogens (tertiary/aromatic N) is 3. The van der Waals surface area contributed by atoms with Gasteiger partial charge in [0.25, 0.3) is 0 Å². The highest BCUT2D eigenvalue weighted by Gasteiger charge is 2.15. The molecular weight excluding hydrogens is 286 g/mol. The minimum Gasteiger partial charge on any atom is -0.355 e. The van der Waals surface area contributed by atoms with Crippen LogP contribution in [0, 0.1) is 0 Å². The van der Waals surface area contributed by atoms with Crippen molar-refractivity contribution in [1.82, 2.24) is 9.97 Å². The molecule has 88 valence electrons. The Balaban J connectivity index is 2.25. The monoisotopic (exact) mass is 301 g/mol. The highest BCUT2D eigenvalue weighted by molar-refractivity contribution is 9.10. The molecule has 1 saturated heterocycles. The second-order valence-corrected chi connectivity index (χ2v) is 6.20. The third kappa shape index (κ3) is 2.88. The lowest BCUT2D eigenvalue weighted by atomic mass is 10.2. The topological polar surface area (TPSA) is 29.0 Å². The van der Waals surface area contributed by atoms with Gasteiger partial charge in [-0.05, 0) is 15.9 Å². The Bertz CT molecular complexity index is 364. The normalized spacial score (nSPS) is 16.9. The van der Waals surface area contributed by atoms with E-state index in [-0.39, 0.29) is 0 Å². The quantitative estimate of drug-likeness (QED) is 0.786. The molecule has 1 aromatic rings. The number of anilines is 1. The van der Waals surface area contributed by atoms with Crippen molar-refractivity contribution in [2.24, 2.45) is 0 Å². The highest BCUT2D eigenvalue weighted by atomic mass is 79.9. The maximum Gasteiger partial charge on any atom is 0.134 e. The Kier molecular flexibility index (Phi) is 4.08. The second kappa shape index (κ2) is 5.36. The van der Waals surface area contributed by atoms with Gasteiger partial charge in [0.15, 0.2) is 0 Å². The van der Waals surface area contributed by atoms with Crippen LogP contribution in [0.25, 0.3) is 0 Å². The lowest BCUT2D eigenvalue weighted by Gasteiger charge is -2.27. The molecule has 0 spiro atoms. The van der Waals surface area contributed by atoms with E-state index in [1.807, 2.05) is 17.8 Å². The summed E-state index contributed by atoms with van der Waals surface area (Å²) in [5.41, 5.74) is 0. The Morgan fingerprint density at radius 3 is 2.62 bits per heavy atom. The number of aromatic nitrogens is 2. The lowest BCUT2D eigenvalue weighted by molar-refractivity contribution is 0.750. The molecule has 1 fully saturated rings. The van der Waals surface area contributed by atoms with Crippen LogP contribution in [0.5, 0.6) is 0 Å². The molecule has 3 nitrogen and oxygen atoms in total. The van der Waals surface area contributed by atoms with Crippen molar-refractivity contribution in [3.8, 4) is 0 Å². The van der Waals surface area contributed by atoms with Gasteiger partial charge >= 0.3 is 0 Å². The molecule has 0 atom stereocenters. The average molecular weight is 302 g/mol. The van der Waals surface area contributed by atoms with Gasteiger partial charge in [0.1, 0.15) is 16.2 Å². The molecule has 0 radical (unpaired) electrons. The lowest BCUT2D eigenvalue weighted by Crippen LogP contribution is -2.33. The summed E-state index contributed by atoms with van der Waals surface area (Å²) in [5.74, 6) is 4.74. The van der Waals surface area contributed by atoms with Crippen molar-refractivity contribution in [3.63, 3.8) is 0 Å². The van der Waals surface area contributed by atoms with Gasteiger partial charge in [-0.25, -0.2) is 9.97 Å². The maximum atomic E-state index is 4.63. The van der Waals surface area contributed by atoms with E-state index in [1.54, 1.807) is 0 Å². The smallest absolute Gasteiger partial charge is 0.134 e. The Hall–Kier alpha value is -0.290. The van der Waals surface area contributed by atoms with E-state index in [1.165, 1.54) is 11.5 Å². The zero-order chi connectivity index (χ0) is 11.5. The van der Waals surface area contributed by atoms with Gasteiger partial charge in [-0.2, -0.15) is 11.8 Å². The van der Waals surface area contributed by atoms with Gasteiger partial charge in [0.05, 0.1) is 0 Å². The fourth-order valence-electron chi connectivity index (χ4n) is 1.64. The van der Waals surface area contributed by atoms with Crippen molar-refractivity contribution in [2.75, 3.05) is 29.5 Å². The largest absolute Gasteiger partial charge is 0.355 e. The van der Waals surface area contributed by atoms with Crippen LogP contribution < -0.4 is 4.90 Å². The maximum absolute atomic E-state index is 4.63. The summed E-state index contributed by atoms with van der Waals surface area (Å²) >= 11 is 5.48. The van der Waals surface area contributed by atoms with Crippen LogP contribution in [0.1, 0.15) is 25.6 Å². The summed E-state index contributed by atoms with van der Waals surface area (Å²) in [5, 5.41) is 0. The van der Waals surface area contributed by atoms with Crippen molar-refractivity contribution < 1.29 is 0 Å². The Morgan fingerprint density at radius 1 is 1.31 bits per heavy atom. The molecule has 1 aliphatic heterocycles. The predicted molar refractivity (Wildman–Crippen MR) is 73.4 cm³/mol. The fourth-order valence-corrected chi connectivity index (χ4v) is 2.93. The van der Waals surface area contributed by atoms with Gasteiger partial charge in [-0.15, -0.1) is 0 Å². The third-order valence-electron chi connectivity index (χ3n) is 2.55. The summed E-state index contributed by atoms with van der Waals surface area (Å²) in [6.45, 7) is 6.42. The molecule has 0 amide bonds. The zero-order valence-electron chi connectivity index (χ0n) is 9.61. The van der Waals surface area contributed by atoms with Crippen LogP contribution in [-0.4, -0.2) is 34.6 Å². The summed E-state index contributed by atoms with van der Waals surface area (Å²) < 4.78 is 0.888. The number of rotatable bonds is 2. The first-order valence-electron chi connectivity index (χ1n) is 5.54. The van der Waals surface area contributed by atoms with Crippen LogP contribution in [0.3, 0.4) is 0 Å². The number of thioether (sulfide) groups is 1. The molecule has 0 aromatic carbocycles. The molecule has 16 heavy (non-hydrogen) atoms. The third-order valence-corrected chi connectivity index (χ3v) is 3.90. The Morgan fingerprint density at radius 2 is 2.00 bits per heavy atom. The standard InChI is InChI=1S/C11H16BrN3S/c1-8(2)11-13-9(12)7-10(14-11)15-3-5-16-6-4-15/h7-8H,3-6H2,1-2H3. The van der Waals surface area contributed by atoms with Crippen molar-refractivity contribution in [3.05, 3.63) is 16.5 Å². The summed E-state index contributed by atoms with van der Waals surface area (Å²) in [6, 6.07) is 2.02. The van der Waals surface area contributed by atoms with Gasteiger partial charge < -0.3 is 4.90 Å². The first-order chi connectivity index (χ1) is 7.66. The summed E-state index contributed by atoms with van der Waals surface area (Å²) in [6.07, 6.45) is 0. The first-order valence-corrected chi connectivity index (χ1v) is 7.49. The molecule has 0 unspecified atom stereocenters. The first kappa shape index (κ1) is 12.2. The van der Waals surface area contributed by atoms with E-state index >= 15 is 0 Å². The summed E-state index contributed by atoms with van der Waals surface area (Å²) in [7, 11) is 0. The molecule has 0 N–H and O–H groups in total. The van der Waals surface area contributed by atoms with Crippen LogP contribution in [-0.2, 0) is 0 Å². The summed E-state index contributed by atoms with van der Waals surface area (Å²) in [4.78, 5) is 11.4. The molecule has 5 heteroatoms. The molecule has 1 aromatic heterocycles. The van der Waals surface area contributed by atoms with Crippen LogP contribution in [0.2, 0.25) is 0 Å². The molecule has 0 aliphatic carbocycles. The molecule has 1 aliphatic rings. The van der Waals surface area contributed by atoms with Crippen molar-refractivity contribution in [1.29, 1.82) is 0 Å². The molecular formula is C11H16BrN3S. The second-order valence-electron chi connectivity index (χ2n) is 4.16. The average Bonchev–Trinajstić information content (AvgIpc) is 2.29. The molecule has 0 saturated carbocycles. The van der Waals surface area contributed by atoms with E-state index in [9.17, 15) is 0 Å². The molecule has 2 rings (SSSR count). The van der Waals surface area contributed by atoms with E-state index < -0.39 is 0 Å². The SMILES string of the molecule is CC(C)c1nc(Br)cc(N2CCSCC2)n1. The predicted octanol–water partition coefficient (Wildman–Crippen LogP) is 2.92. The number of hydrogen-bond donors (Lipinski definition) is 0. The zero-order valence-corrected chi connectivity index (χ0v) is 12.0. The van der Waals surface area contributed by atoms with Gasteiger partial charge in [0.2, 0.25) is 0 Å². The van der Waals surface area contributed by atoms with Gasteiger partial charge in [-0.1, -0.05) is 13.8 Å². The van der Waals surface area contributed by atoms with Crippen molar-refractivity contribution in [2.45, 2.75) is 19.8 Å². The van der Waals surface area contributed by atoms with Crippen molar-refractivity contribution >= 4 is 33.5 Å². The number of hydrogen-bond acceptors (Lipinski definition) is 4. The van der Waals surface area contributed by atoms with E-state index in [2.05, 4.69) is 44.6 Å². The van der Waals surface area contributed by atoms with Gasteiger partial charge in [-0.3, -0.25) is 0 Å². The minimum absolute atomic E-state index is 0.371. The van der Waals surface area contributed by atoms with Crippen LogP contribution >= 0.6 is 27.7 Å².